The highest BCUT2D eigenvalue weighted by atomic mass is 19.1. The standard InChI is InChI=1S/C12H14FN/c1-4-12(14-5-2)10-6-9(3)7-11(13)8-10/h1,6-8,12,14H,5H2,2-3H3. The molecule has 1 aromatic carbocycles. The van der Waals surface area contributed by atoms with Gasteiger partial charge >= 0.3 is 0 Å². The monoisotopic (exact) mass is 191 g/mol. The Morgan fingerprint density at radius 2 is 2.21 bits per heavy atom. The molecule has 1 aromatic rings. The second-order valence-electron chi connectivity index (χ2n) is 3.22. The molecule has 0 amide bonds. The lowest BCUT2D eigenvalue weighted by Crippen LogP contribution is -2.19. The topological polar surface area (TPSA) is 12.0 Å². The molecule has 0 fully saturated rings. The molecule has 0 saturated carbocycles. The van der Waals surface area contributed by atoms with Crippen molar-refractivity contribution in [2.75, 3.05) is 6.54 Å². The zero-order valence-corrected chi connectivity index (χ0v) is 8.47. The Balaban J connectivity index is 2.99. The quantitative estimate of drug-likeness (QED) is 0.723. The molecule has 1 rings (SSSR count). The van der Waals surface area contributed by atoms with Crippen molar-refractivity contribution in [2.24, 2.45) is 0 Å². The zero-order chi connectivity index (χ0) is 10.6. The Morgan fingerprint density at radius 1 is 1.50 bits per heavy atom. The summed E-state index contributed by atoms with van der Waals surface area (Å²) in [5.41, 5.74) is 1.70. The third kappa shape index (κ3) is 2.58. The van der Waals surface area contributed by atoms with Crippen LogP contribution < -0.4 is 5.32 Å². The maximum Gasteiger partial charge on any atom is 0.123 e. The summed E-state index contributed by atoms with van der Waals surface area (Å²) < 4.78 is 13.1. The van der Waals surface area contributed by atoms with Crippen LogP contribution in [0.25, 0.3) is 0 Å². The van der Waals surface area contributed by atoms with Crippen LogP contribution in [-0.2, 0) is 0 Å². The number of hydrogen-bond acceptors (Lipinski definition) is 1. The molecule has 1 N–H and O–H groups in total. The van der Waals surface area contributed by atoms with Gasteiger partial charge in [-0.25, -0.2) is 4.39 Å². The van der Waals surface area contributed by atoms with E-state index in [1.165, 1.54) is 12.1 Å². The van der Waals surface area contributed by atoms with Gasteiger partial charge in [-0.1, -0.05) is 18.9 Å². The van der Waals surface area contributed by atoms with Crippen molar-refractivity contribution in [2.45, 2.75) is 19.9 Å². The lowest BCUT2D eigenvalue weighted by molar-refractivity contribution is 0.613. The van der Waals surface area contributed by atoms with Gasteiger partial charge < -0.3 is 5.32 Å². The van der Waals surface area contributed by atoms with Crippen LogP contribution in [0, 0.1) is 25.1 Å². The van der Waals surface area contributed by atoms with E-state index in [9.17, 15) is 4.39 Å². The van der Waals surface area contributed by atoms with Gasteiger partial charge in [0.15, 0.2) is 0 Å². The molecule has 0 aromatic heterocycles. The third-order valence-electron chi connectivity index (χ3n) is 1.97. The summed E-state index contributed by atoms with van der Waals surface area (Å²) >= 11 is 0. The highest BCUT2D eigenvalue weighted by Crippen LogP contribution is 2.15. The van der Waals surface area contributed by atoms with Gasteiger partial charge in [-0.3, -0.25) is 0 Å². The van der Waals surface area contributed by atoms with Crippen molar-refractivity contribution in [3.05, 3.63) is 35.1 Å². The summed E-state index contributed by atoms with van der Waals surface area (Å²) in [6.07, 6.45) is 5.36. The highest BCUT2D eigenvalue weighted by molar-refractivity contribution is 5.30. The van der Waals surface area contributed by atoms with Crippen LogP contribution in [0.3, 0.4) is 0 Å². The average molecular weight is 191 g/mol. The third-order valence-corrected chi connectivity index (χ3v) is 1.97. The first-order valence-corrected chi connectivity index (χ1v) is 4.64. The maximum absolute atomic E-state index is 13.1. The molecule has 0 saturated heterocycles. The highest BCUT2D eigenvalue weighted by Gasteiger charge is 2.07. The van der Waals surface area contributed by atoms with Crippen LogP contribution in [0.2, 0.25) is 0 Å². The minimum absolute atomic E-state index is 0.200. The number of rotatable bonds is 3. The Labute approximate surface area is 84.3 Å². The van der Waals surface area contributed by atoms with Gasteiger partial charge in [0.05, 0.1) is 6.04 Å². The Bertz CT molecular complexity index is 332. The van der Waals surface area contributed by atoms with Crippen LogP contribution in [0.5, 0.6) is 0 Å². The van der Waals surface area contributed by atoms with E-state index in [1.807, 2.05) is 19.9 Å². The van der Waals surface area contributed by atoms with Crippen molar-refractivity contribution in [1.82, 2.24) is 5.32 Å². The maximum atomic E-state index is 13.1. The van der Waals surface area contributed by atoms with Gasteiger partial charge in [0, 0.05) is 0 Å². The van der Waals surface area contributed by atoms with E-state index in [4.69, 9.17) is 6.42 Å². The minimum atomic E-state index is -0.238. The van der Waals surface area contributed by atoms with E-state index in [2.05, 4.69) is 11.2 Å². The first-order valence-electron chi connectivity index (χ1n) is 4.64. The molecule has 0 aliphatic rings. The van der Waals surface area contributed by atoms with Crippen molar-refractivity contribution in [3.8, 4) is 12.3 Å². The fourth-order valence-electron chi connectivity index (χ4n) is 1.41. The van der Waals surface area contributed by atoms with E-state index in [0.717, 1.165) is 17.7 Å². The van der Waals surface area contributed by atoms with E-state index < -0.39 is 0 Å². The van der Waals surface area contributed by atoms with Crippen molar-refractivity contribution in [3.63, 3.8) is 0 Å². The molecule has 1 atom stereocenters. The molecule has 0 heterocycles. The summed E-state index contributed by atoms with van der Waals surface area (Å²) in [5.74, 6) is 2.36. The summed E-state index contributed by atoms with van der Waals surface area (Å²) in [7, 11) is 0. The van der Waals surface area contributed by atoms with E-state index in [0.29, 0.717) is 0 Å². The molecule has 0 spiro atoms. The molecule has 0 aliphatic carbocycles. The molecule has 74 valence electrons. The van der Waals surface area contributed by atoms with Crippen molar-refractivity contribution < 1.29 is 4.39 Å². The number of terminal acetylenes is 1. The molecule has 1 nitrogen and oxygen atoms in total. The molecule has 14 heavy (non-hydrogen) atoms. The van der Waals surface area contributed by atoms with Crippen LogP contribution in [0.1, 0.15) is 24.1 Å². The number of hydrogen-bond donors (Lipinski definition) is 1. The van der Waals surface area contributed by atoms with Crippen molar-refractivity contribution in [1.29, 1.82) is 0 Å². The normalized spacial score (nSPS) is 12.1. The van der Waals surface area contributed by atoms with E-state index >= 15 is 0 Å². The number of halogens is 1. The second-order valence-corrected chi connectivity index (χ2v) is 3.22. The van der Waals surface area contributed by atoms with Gasteiger partial charge in [0.1, 0.15) is 5.82 Å². The molecule has 0 bridgehead atoms. The number of benzene rings is 1. The van der Waals surface area contributed by atoms with Crippen LogP contribution in [-0.4, -0.2) is 6.54 Å². The summed E-state index contributed by atoms with van der Waals surface area (Å²) in [6.45, 7) is 4.59. The van der Waals surface area contributed by atoms with Crippen LogP contribution >= 0.6 is 0 Å². The Morgan fingerprint density at radius 3 is 2.71 bits per heavy atom. The zero-order valence-electron chi connectivity index (χ0n) is 8.47. The summed E-state index contributed by atoms with van der Waals surface area (Å²) in [5, 5.41) is 3.10. The molecular formula is C12H14FN. The molecule has 2 heteroatoms. The Kier molecular flexibility index (Phi) is 3.67. The lowest BCUT2D eigenvalue weighted by Gasteiger charge is -2.12. The molecule has 0 radical (unpaired) electrons. The van der Waals surface area contributed by atoms with Gasteiger partial charge in [0.2, 0.25) is 0 Å². The van der Waals surface area contributed by atoms with Crippen LogP contribution in [0.4, 0.5) is 4.39 Å². The minimum Gasteiger partial charge on any atom is -0.300 e. The van der Waals surface area contributed by atoms with Crippen molar-refractivity contribution >= 4 is 0 Å². The SMILES string of the molecule is C#CC(NCC)c1cc(C)cc(F)c1. The average Bonchev–Trinajstić information content (AvgIpc) is 2.12. The first kappa shape index (κ1) is 10.7. The predicted molar refractivity (Wildman–Crippen MR) is 56.4 cm³/mol. The van der Waals surface area contributed by atoms with Gasteiger partial charge in [-0.2, -0.15) is 0 Å². The molecular weight excluding hydrogens is 177 g/mol. The molecule has 1 unspecified atom stereocenters. The lowest BCUT2D eigenvalue weighted by atomic mass is 10.0. The fourth-order valence-corrected chi connectivity index (χ4v) is 1.41. The fraction of sp³-hybridized carbons (Fsp3) is 0.333. The van der Waals surface area contributed by atoms with Crippen LogP contribution in [0.15, 0.2) is 18.2 Å². The Hall–Kier alpha value is -1.33. The molecule has 0 aliphatic heterocycles. The first-order chi connectivity index (χ1) is 6.67. The summed E-state index contributed by atoms with van der Waals surface area (Å²) in [6, 6.07) is 4.66. The van der Waals surface area contributed by atoms with Gasteiger partial charge in [-0.15, -0.1) is 6.42 Å². The number of aryl methyl sites for hydroxylation is 1. The number of nitrogens with one attached hydrogen (secondary N) is 1. The van der Waals surface area contributed by atoms with Gasteiger partial charge in [-0.05, 0) is 36.7 Å². The van der Waals surface area contributed by atoms with Gasteiger partial charge in [0.25, 0.3) is 0 Å². The smallest absolute Gasteiger partial charge is 0.123 e. The predicted octanol–water partition coefficient (Wildman–Crippen LogP) is 2.42. The second kappa shape index (κ2) is 4.78. The summed E-state index contributed by atoms with van der Waals surface area (Å²) in [4.78, 5) is 0. The largest absolute Gasteiger partial charge is 0.300 e. The van der Waals surface area contributed by atoms with E-state index in [-0.39, 0.29) is 11.9 Å². The van der Waals surface area contributed by atoms with E-state index in [1.54, 1.807) is 0 Å².